The van der Waals surface area contributed by atoms with E-state index in [4.69, 9.17) is 0 Å². The molecule has 4 nitrogen and oxygen atoms in total. The Bertz CT molecular complexity index is 156. The second kappa shape index (κ2) is 5.19. The molecule has 58 valence electrons. The summed E-state index contributed by atoms with van der Waals surface area (Å²) in [6.45, 7) is 6.22. The highest BCUT2D eigenvalue weighted by Gasteiger charge is 2.09. The average Bonchev–Trinajstić information content (AvgIpc) is 1.89. The minimum atomic E-state index is -2.00. The van der Waals surface area contributed by atoms with E-state index >= 15 is 0 Å². The lowest BCUT2D eigenvalue weighted by molar-refractivity contribution is 0.492. The van der Waals surface area contributed by atoms with Crippen LogP contribution in [0.25, 0.3) is 0 Å². The topological polar surface area (TPSA) is 52.6 Å². The van der Waals surface area contributed by atoms with E-state index in [0.717, 1.165) is 12.5 Å². The summed E-state index contributed by atoms with van der Waals surface area (Å²) in [7, 11) is -4.01. The maximum atomic E-state index is 10.5. The summed E-state index contributed by atoms with van der Waals surface area (Å²) in [6.07, 6.45) is 1.83. The molecule has 10 heavy (non-hydrogen) atoms. The molecular formula is C4H6O4S2. The van der Waals surface area contributed by atoms with Crippen LogP contribution in [-0.4, -0.2) is 8.42 Å². The molecule has 0 N–H and O–H groups in total. The zero-order chi connectivity index (χ0) is 7.98. The minimum Gasteiger partial charge on any atom is -0.397 e. The molecule has 0 radical (unpaired) electrons. The molecule has 0 fully saturated rings. The molecule has 0 saturated carbocycles. The van der Waals surface area contributed by atoms with Crippen molar-refractivity contribution in [3.05, 3.63) is 25.7 Å². The van der Waals surface area contributed by atoms with Crippen LogP contribution < -0.4 is 0 Å². The summed E-state index contributed by atoms with van der Waals surface area (Å²) in [4.78, 5) is 0. The normalized spacial score (nSPS) is 14.8. The van der Waals surface area contributed by atoms with Crippen LogP contribution in [0.3, 0.4) is 0 Å². The maximum Gasteiger partial charge on any atom is 0.341 e. The van der Waals surface area contributed by atoms with Gasteiger partial charge in [-0.15, -0.1) is 0 Å². The van der Waals surface area contributed by atoms with Crippen LogP contribution in [0.1, 0.15) is 0 Å². The zero-order valence-electron chi connectivity index (χ0n) is 5.02. The first-order valence-corrected chi connectivity index (χ1v) is 4.79. The second-order valence-corrected chi connectivity index (χ2v) is 3.77. The van der Waals surface area contributed by atoms with Crippen LogP contribution in [0.5, 0.6) is 0 Å². The van der Waals surface area contributed by atoms with Gasteiger partial charge in [0.05, 0.1) is 12.5 Å². The molecular weight excluding hydrogens is 176 g/mol. The van der Waals surface area contributed by atoms with Crippen molar-refractivity contribution in [1.29, 1.82) is 0 Å². The Kier molecular flexibility index (Phi) is 4.87. The van der Waals surface area contributed by atoms with E-state index in [-0.39, 0.29) is 0 Å². The van der Waals surface area contributed by atoms with Crippen LogP contribution in [0.2, 0.25) is 0 Å². The highest BCUT2D eigenvalue weighted by atomic mass is 33.2. The van der Waals surface area contributed by atoms with Crippen molar-refractivity contribution < 1.29 is 16.8 Å². The Morgan fingerprint density at radius 1 is 1.00 bits per heavy atom. The van der Waals surface area contributed by atoms with Gasteiger partial charge in [0.1, 0.15) is 0 Å². The fourth-order valence-corrected chi connectivity index (χ4v) is 1.24. The van der Waals surface area contributed by atoms with Crippen molar-refractivity contribution in [2.75, 3.05) is 0 Å². The van der Waals surface area contributed by atoms with Crippen LogP contribution in [0, 0.1) is 0 Å². The van der Waals surface area contributed by atoms with Gasteiger partial charge in [0.15, 0.2) is 0 Å². The van der Waals surface area contributed by atoms with Crippen molar-refractivity contribution in [3.63, 3.8) is 0 Å². The second-order valence-electron chi connectivity index (χ2n) is 0.934. The van der Waals surface area contributed by atoms with Gasteiger partial charge in [-0.1, -0.05) is 13.2 Å². The summed E-state index contributed by atoms with van der Waals surface area (Å²) < 4.78 is 29.4. The van der Waals surface area contributed by atoms with E-state index < -0.39 is 20.2 Å². The van der Waals surface area contributed by atoms with Crippen LogP contribution >= 0.6 is 0 Å². The number of rotatable bonds is 5. The molecule has 0 aromatic carbocycles. The monoisotopic (exact) mass is 182 g/mol. The first kappa shape index (κ1) is 9.38. The van der Waals surface area contributed by atoms with Gasteiger partial charge < -0.3 is 8.37 Å². The quantitative estimate of drug-likeness (QED) is 0.460. The highest BCUT2D eigenvalue weighted by Crippen LogP contribution is 1.96. The fraction of sp³-hybridized carbons (Fsp3) is 0. The molecule has 0 aliphatic rings. The molecule has 2 unspecified atom stereocenters. The Labute approximate surface area is 63.2 Å². The highest BCUT2D eigenvalue weighted by molar-refractivity contribution is 8.57. The molecule has 0 aliphatic carbocycles. The zero-order valence-corrected chi connectivity index (χ0v) is 6.65. The molecule has 0 heterocycles. The molecule has 0 rings (SSSR count). The van der Waals surface area contributed by atoms with Crippen LogP contribution in [0.15, 0.2) is 25.7 Å². The lowest BCUT2D eigenvalue weighted by Gasteiger charge is -1.95. The smallest absolute Gasteiger partial charge is 0.341 e. The number of hydrogen-bond donors (Lipinski definition) is 0. The first-order valence-electron chi connectivity index (χ1n) is 2.12. The van der Waals surface area contributed by atoms with Gasteiger partial charge in [0.2, 0.25) is 0 Å². The largest absolute Gasteiger partial charge is 0.397 e. The summed E-state index contributed by atoms with van der Waals surface area (Å²) in [5.41, 5.74) is 0. The summed E-state index contributed by atoms with van der Waals surface area (Å²) in [6, 6.07) is 0. The molecule has 0 aliphatic heterocycles. The van der Waals surface area contributed by atoms with Gasteiger partial charge in [-0.3, -0.25) is 0 Å². The molecule has 0 bridgehead atoms. The van der Waals surface area contributed by atoms with Crippen LogP contribution in [-0.2, 0) is 28.6 Å². The summed E-state index contributed by atoms with van der Waals surface area (Å²) in [5, 5.41) is 0. The SMILES string of the molecule is C=COS(=O)S(=O)OC=C. The van der Waals surface area contributed by atoms with E-state index in [1.165, 1.54) is 0 Å². The van der Waals surface area contributed by atoms with Crippen molar-refractivity contribution >= 4 is 20.2 Å². The molecule has 6 heteroatoms. The van der Waals surface area contributed by atoms with Crippen molar-refractivity contribution in [2.24, 2.45) is 0 Å². The molecule has 0 saturated heterocycles. The van der Waals surface area contributed by atoms with E-state index in [2.05, 4.69) is 21.5 Å². The Morgan fingerprint density at radius 2 is 1.30 bits per heavy atom. The van der Waals surface area contributed by atoms with Gasteiger partial charge in [-0.2, -0.15) is 8.42 Å². The molecule has 0 aromatic rings. The van der Waals surface area contributed by atoms with Gasteiger partial charge in [0, 0.05) is 0 Å². The summed E-state index contributed by atoms with van der Waals surface area (Å²) in [5.74, 6) is 0. The third kappa shape index (κ3) is 3.41. The predicted octanol–water partition coefficient (Wildman–Crippen LogP) is 0.549. The molecule has 0 aromatic heterocycles. The fourth-order valence-electron chi connectivity index (χ4n) is 0.175. The van der Waals surface area contributed by atoms with Crippen molar-refractivity contribution in [2.45, 2.75) is 0 Å². The van der Waals surface area contributed by atoms with Crippen LogP contribution in [0.4, 0.5) is 0 Å². The third-order valence-corrected chi connectivity index (χ3v) is 2.35. The Balaban J connectivity index is 3.81. The third-order valence-electron chi connectivity index (χ3n) is 0.404. The Hall–Kier alpha value is -0.620. The lowest BCUT2D eigenvalue weighted by atomic mass is 11.2. The van der Waals surface area contributed by atoms with Gasteiger partial charge in [0.25, 0.3) is 0 Å². The van der Waals surface area contributed by atoms with Gasteiger partial charge in [-0.05, 0) is 0 Å². The van der Waals surface area contributed by atoms with Crippen molar-refractivity contribution in [1.82, 2.24) is 0 Å². The van der Waals surface area contributed by atoms with Crippen molar-refractivity contribution in [3.8, 4) is 0 Å². The van der Waals surface area contributed by atoms with Gasteiger partial charge >= 0.3 is 20.2 Å². The minimum absolute atomic E-state index is 0.917. The average molecular weight is 182 g/mol. The maximum absolute atomic E-state index is 10.5. The Morgan fingerprint density at radius 3 is 1.50 bits per heavy atom. The van der Waals surface area contributed by atoms with E-state index in [1.54, 1.807) is 0 Å². The summed E-state index contributed by atoms with van der Waals surface area (Å²) >= 11 is 0. The molecule has 0 amide bonds. The number of hydrogen-bond acceptors (Lipinski definition) is 4. The van der Waals surface area contributed by atoms with E-state index in [1.807, 2.05) is 0 Å². The molecule has 2 atom stereocenters. The molecule has 0 spiro atoms. The van der Waals surface area contributed by atoms with E-state index in [0.29, 0.717) is 0 Å². The van der Waals surface area contributed by atoms with E-state index in [9.17, 15) is 8.42 Å². The van der Waals surface area contributed by atoms with Gasteiger partial charge in [-0.25, -0.2) is 0 Å². The first-order chi connectivity index (χ1) is 4.72. The predicted molar refractivity (Wildman–Crippen MR) is 38.8 cm³/mol. The lowest BCUT2D eigenvalue weighted by Crippen LogP contribution is -2.00. The standard InChI is InChI=1S/C4H6O4S2/c1-3-7-9(5)10(6)8-4-2/h3-4H,1-2H2.